The van der Waals surface area contributed by atoms with E-state index in [9.17, 15) is 18.0 Å². The van der Waals surface area contributed by atoms with Crippen LogP contribution in [0.1, 0.15) is 12.8 Å². The number of carbonyl (C=O) groups is 2. The van der Waals surface area contributed by atoms with Crippen LogP contribution in [-0.4, -0.2) is 74.9 Å². The molecule has 2 fully saturated rings. The summed E-state index contributed by atoms with van der Waals surface area (Å²) in [7, 11) is -3.68. The van der Waals surface area contributed by atoms with Gasteiger partial charge in [-0.2, -0.15) is 4.31 Å². The van der Waals surface area contributed by atoms with Crippen LogP contribution in [0.25, 0.3) is 0 Å². The molecule has 1 atom stereocenters. The van der Waals surface area contributed by atoms with Crippen molar-refractivity contribution in [1.29, 1.82) is 0 Å². The summed E-state index contributed by atoms with van der Waals surface area (Å²) in [5.41, 5.74) is 0. The molecule has 1 aromatic carbocycles. The number of fused-ring (bicyclic) bond motifs is 1. The van der Waals surface area contributed by atoms with Crippen molar-refractivity contribution in [2.45, 2.75) is 23.8 Å². The second-order valence-corrected chi connectivity index (χ2v) is 8.63. The highest BCUT2D eigenvalue weighted by molar-refractivity contribution is 7.89. The molecular weight excluding hydrogens is 374 g/mol. The van der Waals surface area contributed by atoms with Gasteiger partial charge in [-0.3, -0.25) is 9.59 Å². The summed E-state index contributed by atoms with van der Waals surface area (Å²) in [4.78, 5) is 25.5. The van der Waals surface area contributed by atoms with Crippen LogP contribution in [0, 0.1) is 0 Å². The number of rotatable bonds is 3. The highest BCUT2D eigenvalue weighted by Crippen LogP contribution is 2.33. The lowest BCUT2D eigenvalue weighted by Gasteiger charge is -2.35. The van der Waals surface area contributed by atoms with Crippen molar-refractivity contribution in [2.24, 2.45) is 0 Å². The molecule has 10 heteroatoms. The topological polar surface area (TPSA) is 105 Å². The maximum Gasteiger partial charge on any atom is 0.245 e. The molecule has 1 aromatic rings. The van der Waals surface area contributed by atoms with Gasteiger partial charge in [-0.1, -0.05) is 0 Å². The molecule has 2 amide bonds. The zero-order valence-corrected chi connectivity index (χ0v) is 15.5. The number of hydrogen-bond acceptors (Lipinski definition) is 6. The number of hydrogen-bond donors (Lipinski definition) is 1. The maximum atomic E-state index is 12.9. The van der Waals surface area contributed by atoms with E-state index in [4.69, 9.17) is 9.47 Å². The fourth-order valence-corrected chi connectivity index (χ4v) is 4.94. The Morgan fingerprint density at radius 3 is 2.44 bits per heavy atom. The Kier molecular flexibility index (Phi) is 4.68. The number of ether oxygens (including phenoxy) is 2. The maximum absolute atomic E-state index is 12.9. The van der Waals surface area contributed by atoms with Crippen LogP contribution in [0.5, 0.6) is 11.5 Å². The molecule has 0 unspecified atom stereocenters. The fourth-order valence-electron chi connectivity index (χ4n) is 3.50. The molecule has 3 aliphatic heterocycles. The number of nitrogens with one attached hydrogen (secondary N) is 1. The summed E-state index contributed by atoms with van der Waals surface area (Å²) in [6, 6.07) is 4.10. The van der Waals surface area contributed by atoms with Crippen molar-refractivity contribution in [3.05, 3.63) is 18.2 Å². The summed E-state index contributed by atoms with van der Waals surface area (Å²) in [5, 5.41) is 2.66. The average Bonchev–Trinajstić information content (AvgIpc) is 3.13. The minimum absolute atomic E-state index is 0.117. The van der Waals surface area contributed by atoms with Crippen LogP contribution < -0.4 is 14.8 Å². The molecule has 1 N–H and O–H groups in total. The van der Waals surface area contributed by atoms with Crippen molar-refractivity contribution in [2.75, 3.05) is 39.4 Å². The van der Waals surface area contributed by atoms with Crippen LogP contribution in [0.2, 0.25) is 0 Å². The summed E-state index contributed by atoms with van der Waals surface area (Å²) in [5.74, 6) is 0.702. The first-order valence-electron chi connectivity index (χ1n) is 8.93. The zero-order chi connectivity index (χ0) is 19.0. The average molecular weight is 395 g/mol. The highest BCUT2D eigenvalue weighted by atomic mass is 32.2. The predicted molar refractivity (Wildman–Crippen MR) is 93.9 cm³/mol. The van der Waals surface area contributed by atoms with Crippen LogP contribution in [-0.2, 0) is 19.6 Å². The van der Waals surface area contributed by atoms with E-state index >= 15 is 0 Å². The number of nitrogens with zero attached hydrogens (tertiary/aromatic N) is 2. The second kappa shape index (κ2) is 7.01. The van der Waals surface area contributed by atoms with E-state index in [1.807, 2.05) is 0 Å². The standard InChI is InChI=1S/C17H21N3O6S/c21-16-4-2-13(18-16)17(22)19-5-7-20(8-6-19)27(23,24)12-1-3-14-15(11-12)26-10-9-25-14/h1,3,11,13H,2,4-10H2,(H,18,21)/t13-/m0/s1. The van der Waals surface area contributed by atoms with Gasteiger partial charge in [-0.05, 0) is 18.6 Å². The van der Waals surface area contributed by atoms with Crippen LogP contribution in [0.4, 0.5) is 0 Å². The Hall–Kier alpha value is -2.33. The molecule has 3 aliphatic rings. The van der Waals surface area contributed by atoms with E-state index in [-0.39, 0.29) is 29.8 Å². The molecule has 0 bridgehead atoms. The van der Waals surface area contributed by atoms with Gasteiger partial charge in [-0.25, -0.2) is 8.42 Å². The van der Waals surface area contributed by atoms with E-state index in [1.165, 1.54) is 16.4 Å². The number of amides is 2. The van der Waals surface area contributed by atoms with Gasteiger partial charge in [0.1, 0.15) is 19.3 Å². The van der Waals surface area contributed by atoms with E-state index in [0.717, 1.165) is 0 Å². The summed E-state index contributed by atoms with van der Waals surface area (Å²) < 4.78 is 38.1. The number of carbonyl (C=O) groups excluding carboxylic acids is 2. The molecule has 0 aliphatic carbocycles. The minimum Gasteiger partial charge on any atom is -0.486 e. The number of sulfonamides is 1. The lowest BCUT2D eigenvalue weighted by atomic mass is 10.2. The second-order valence-electron chi connectivity index (χ2n) is 6.69. The van der Waals surface area contributed by atoms with Gasteiger partial charge < -0.3 is 19.7 Å². The smallest absolute Gasteiger partial charge is 0.245 e. The Morgan fingerprint density at radius 2 is 1.78 bits per heavy atom. The normalized spacial score (nSPS) is 23.2. The molecule has 0 spiro atoms. The molecule has 146 valence electrons. The van der Waals surface area contributed by atoms with Crippen LogP contribution in [0.3, 0.4) is 0 Å². The van der Waals surface area contributed by atoms with Crippen molar-refractivity contribution in [1.82, 2.24) is 14.5 Å². The van der Waals surface area contributed by atoms with Crippen molar-refractivity contribution < 1.29 is 27.5 Å². The van der Waals surface area contributed by atoms with Gasteiger partial charge in [0.15, 0.2) is 11.5 Å². The molecule has 0 aromatic heterocycles. The first-order valence-corrected chi connectivity index (χ1v) is 10.4. The van der Waals surface area contributed by atoms with E-state index < -0.39 is 16.1 Å². The Bertz CT molecular complexity index is 863. The van der Waals surface area contributed by atoms with Crippen LogP contribution >= 0.6 is 0 Å². The van der Waals surface area contributed by atoms with Crippen LogP contribution in [0.15, 0.2) is 23.1 Å². The largest absolute Gasteiger partial charge is 0.486 e. The van der Waals surface area contributed by atoms with Crippen molar-refractivity contribution in [3.63, 3.8) is 0 Å². The lowest BCUT2D eigenvalue weighted by molar-refractivity contribution is -0.135. The summed E-state index contributed by atoms with van der Waals surface area (Å²) >= 11 is 0. The molecule has 0 saturated carbocycles. The first-order chi connectivity index (χ1) is 12.9. The monoisotopic (exact) mass is 395 g/mol. The molecule has 4 rings (SSSR count). The SMILES string of the molecule is O=C1CC[C@@H](C(=O)N2CCN(S(=O)(=O)c3ccc4c(c3)OCCO4)CC2)N1. The molecule has 9 nitrogen and oxygen atoms in total. The van der Waals surface area contributed by atoms with Gasteiger partial charge in [0.2, 0.25) is 21.8 Å². The quantitative estimate of drug-likeness (QED) is 0.745. The minimum atomic E-state index is -3.68. The first kappa shape index (κ1) is 18.1. The summed E-state index contributed by atoms with van der Waals surface area (Å²) in [6.07, 6.45) is 0.849. The van der Waals surface area contributed by atoms with Gasteiger partial charge in [0.05, 0.1) is 4.90 Å². The number of benzene rings is 1. The molecular formula is C17H21N3O6S. The van der Waals surface area contributed by atoms with E-state index in [1.54, 1.807) is 11.0 Å². The lowest BCUT2D eigenvalue weighted by Crippen LogP contribution is -2.54. The third kappa shape index (κ3) is 3.46. The Labute approximate surface area is 157 Å². The van der Waals surface area contributed by atoms with Gasteiger partial charge in [-0.15, -0.1) is 0 Å². The third-order valence-corrected chi connectivity index (χ3v) is 6.89. The fraction of sp³-hybridized carbons (Fsp3) is 0.529. The van der Waals surface area contributed by atoms with Crippen molar-refractivity contribution in [3.8, 4) is 11.5 Å². The predicted octanol–water partition coefficient (Wildman–Crippen LogP) is -0.431. The highest BCUT2D eigenvalue weighted by Gasteiger charge is 2.35. The van der Waals surface area contributed by atoms with E-state index in [0.29, 0.717) is 50.6 Å². The van der Waals surface area contributed by atoms with Gasteiger partial charge in [0.25, 0.3) is 0 Å². The van der Waals surface area contributed by atoms with Gasteiger partial charge in [0, 0.05) is 38.7 Å². The number of piperazine rings is 1. The van der Waals surface area contributed by atoms with Crippen molar-refractivity contribution >= 4 is 21.8 Å². The molecule has 0 radical (unpaired) electrons. The van der Waals surface area contributed by atoms with Gasteiger partial charge >= 0.3 is 0 Å². The Balaban J connectivity index is 1.42. The summed E-state index contributed by atoms with van der Waals surface area (Å²) in [6.45, 7) is 1.85. The Morgan fingerprint density at radius 1 is 1.07 bits per heavy atom. The molecule has 27 heavy (non-hydrogen) atoms. The third-order valence-electron chi connectivity index (χ3n) is 5.00. The molecule has 3 heterocycles. The zero-order valence-electron chi connectivity index (χ0n) is 14.7. The molecule has 2 saturated heterocycles. The van der Waals surface area contributed by atoms with E-state index in [2.05, 4.69) is 5.32 Å².